The number of amides is 1. The Kier molecular flexibility index (Phi) is 4.13. The average Bonchev–Trinajstić information content (AvgIpc) is 2.73. The fourth-order valence-corrected chi connectivity index (χ4v) is 2.90. The highest BCUT2D eigenvalue weighted by molar-refractivity contribution is 5.81. The maximum Gasteiger partial charge on any atom is 0.313 e. The number of carbonyl (C=O) groups is 2. The molecule has 1 aliphatic carbocycles. The first-order valence-electron chi connectivity index (χ1n) is 7.05. The van der Waals surface area contributed by atoms with E-state index in [-0.39, 0.29) is 25.0 Å². The lowest BCUT2D eigenvalue weighted by molar-refractivity contribution is -0.149. The lowest BCUT2D eigenvalue weighted by Crippen LogP contribution is -2.51. The first kappa shape index (κ1) is 14.3. The molecule has 0 bridgehead atoms. The Bertz CT molecular complexity index is 362. The zero-order chi connectivity index (χ0) is 14.0. The number of ether oxygens (including phenoxy) is 1. The molecule has 1 saturated carbocycles. The fourth-order valence-electron chi connectivity index (χ4n) is 2.90. The van der Waals surface area contributed by atoms with Crippen molar-refractivity contribution in [2.45, 2.75) is 45.6 Å². The van der Waals surface area contributed by atoms with Gasteiger partial charge < -0.3 is 15.2 Å². The number of hydrogen-bond acceptors (Lipinski definition) is 3. The van der Waals surface area contributed by atoms with E-state index in [1.807, 2.05) is 0 Å². The molecule has 5 nitrogen and oxygen atoms in total. The number of carboxylic acid groups (broad SMARTS) is 1. The molecule has 2 atom stereocenters. The summed E-state index contributed by atoms with van der Waals surface area (Å²) in [6, 6.07) is -0.420. The second kappa shape index (κ2) is 5.49. The Morgan fingerprint density at radius 1 is 1.26 bits per heavy atom. The minimum atomic E-state index is -1.00. The molecule has 2 unspecified atom stereocenters. The van der Waals surface area contributed by atoms with Crippen molar-refractivity contribution >= 4 is 11.9 Å². The molecule has 5 heteroatoms. The highest BCUT2D eigenvalue weighted by Crippen LogP contribution is 2.31. The van der Waals surface area contributed by atoms with Crippen LogP contribution in [0.25, 0.3) is 0 Å². The second-order valence-electron chi connectivity index (χ2n) is 6.26. The molecular weight excluding hydrogens is 246 g/mol. The quantitative estimate of drug-likeness (QED) is 0.812. The molecule has 0 radical (unpaired) electrons. The summed E-state index contributed by atoms with van der Waals surface area (Å²) >= 11 is 0. The third-order valence-corrected chi connectivity index (χ3v) is 4.65. The monoisotopic (exact) mass is 269 g/mol. The molecule has 1 amide bonds. The van der Waals surface area contributed by atoms with E-state index in [0.29, 0.717) is 5.92 Å². The SMILES string of the molecule is CC1CCC(C(=O)NC2COCC2(C)C(=O)O)CC1. The molecule has 2 rings (SSSR count). The number of carbonyl (C=O) groups excluding carboxylic acids is 1. The molecule has 2 aliphatic rings. The number of carboxylic acids is 1. The summed E-state index contributed by atoms with van der Waals surface area (Å²) in [5.41, 5.74) is -1.00. The third kappa shape index (κ3) is 2.91. The first-order valence-corrected chi connectivity index (χ1v) is 7.05. The van der Waals surface area contributed by atoms with Gasteiger partial charge in [-0.2, -0.15) is 0 Å². The largest absolute Gasteiger partial charge is 0.481 e. The molecule has 108 valence electrons. The van der Waals surface area contributed by atoms with Crippen LogP contribution in [0.4, 0.5) is 0 Å². The second-order valence-corrected chi connectivity index (χ2v) is 6.26. The van der Waals surface area contributed by atoms with Crippen molar-refractivity contribution in [1.82, 2.24) is 5.32 Å². The van der Waals surface area contributed by atoms with E-state index in [4.69, 9.17) is 4.74 Å². The van der Waals surface area contributed by atoms with Crippen molar-refractivity contribution < 1.29 is 19.4 Å². The van der Waals surface area contributed by atoms with Crippen LogP contribution in [-0.2, 0) is 14.3 Å². The number of hydrogen-bond donors (Lipinski definition) is 2. The predicted octanol–water partition coefficient (Wildman–Crippen LogP) is 1.42. The molecule has 2 fully saturated rings. The fraction of sp³-hybridized carbons (Fsp3) is 0.857. The van der Waals surface area contributed by atoms with Crippen LogP contribution in [0, 0.1) is 17.3 Å². The van der Waals surface area contributed by atoms with Gasteiger partial charge in [-0.15, -0.1) is 0 Å². The van der Waals surface area contributed by atoms with Gasteiger partial charge in [-0.1, -0.05) is 6.92 Å². The normalized spacial score (nSPS) is 38.9. The topological polar surface area (TPSA) is 75.6 Å². The highest BCUT2D eigenvalue weighted by Gasteiger charge is 2.47. The minimum Gasteiger partial charge on any atom is -0.481 e. The van der Waals surface area contributed by atoms with Gasteiger partial charge in [-0.05, 0) is 38.5 Å². The summed E-state index contributed by atoms with van der Waals surface area (Å²) < 4.78 is 5.24. The smallest absolute Gasteiger partial charge is 0.313 e. The number of nitrogens with one attached hydrogen (secondary N) is 1. The molecule has 0 aromatic carbocycles. The van der Waals surface area contributed by atoms with Gasteiger partial charge in [-0.25, -0.2) is 0 Å². The van der Waals surface area contributed by atoms with Crippen molar-refractivity contribution in [3.05, 3.63) is 0 Å². The van der Waals surface area contributed by atoms with Crippen molar-refractivity contribution in [2.75, 3.05) is 13.2 Å². The Balaban J connectivity index is 1.93. The van der Waals surface area contributed by atoms with Gasteiger partial charge in [0.25, 0.3) is 0 Å². The van der Waals surface area contributed by atoms with Gasteiger partial charge in [0.15, 0.2) is 0 Å². The van der Waals surface area contributed by atoms with Crippen LogP contribution >= 0.6 is 0 Å². The van der Waals surface area contributed by atoms with Gasteiger partial charge in [0, 0.05) is 5.92 Å². The summed E-state index contributed by atoms with van der Waals surface area (Å²) in [5.74, 6) is -0.180. The van der Waals surface area contributed by atoms with Gasteiger partial charge >= 0.3 is 5.97 Å². The van der Waals surface area contributed by atoms with Crippen molar-refractivity contribution in [3.8, 4) is 0 Å². The zero-order valence-electron chi connectivity index (χ0n) is 11.6. The summed E-state index contributed by atoms with van der Waals surface area (Å²) in [6.45, 7) is 4.29. The van der Waals surface area contributed by atoms with E-state index in [9.17, 15) is 14.7 Å². The predicted molar refractivity (Wildman–Crippen MR) is 69.6 cm³/mol. The molecule has 0 aromatic rings. The standard InChI is InChI=1S/C14H23NO4/c1-9-3-5-10(6-4-9)12(16)15-11-7-19-8-14(11,2)13(17)18/h9-11H,3-8H2,1-2H3,(H,15,16)(H,17,18). The summed E-state index contributed by atoms with van der Waals surface area (Å²) in [4.78, 5) is 23.5. The number of aliphatic carboxylic acids is 1. The maximum atomic E-state index is 12.2. The molecular formula is C14H23NO4. The van der Waals surface area contributed by atoms with Gasteiger partial charge in [0.2, 0.25) is 5.91 Å². The van der Waals surface area contributed by atoms with Gasteiger partial charge in [0.05, 0.1) is 19.3 Å². The zero-order valence-corrected chi connectivity index (χ0v) is 11.6. The Morgan fingerprint density at radius 3 is 2.47 bits per heavy atom. The van der Waals surface area contributed by atoms with E-state index in [2.05, 4.69) is 12.2 Å². The van der Waals surface area contributed by atoms with E-state index >= 15 is 0 Å². The Labute approximate surface area is 113 Å². The van der Waals surface area contributed by atoms with E-state index < -0.39 is 17.4 Å². The number of rotatable bonds is 3. The van der Waals surface area contributed by atoms with Crippen LogP contribution in [0.3, 0.4) is 0 Å². The van der Waals surface area contributed by atoms with Crippen LogP contribution < -0.4 is 5.32 Å². The maximum absolute atomic E-state index is 12.2. The summed E-state index contributed by atoms with van der Waals surface area (Å²) in [5, 5.41) is 12.2. The minimum absolute atomic E-state index is 0.00475. The van der Waals surface area contributed by atoms with E-state index in [1.165, 1.54) is 0 Å². The molecule has 1 aliphatic heterocycles. The lowest BCUT2D eigenvalue weighted by atomic mass is 9.81. The molecule has 19 heavy (non-hydrogen) atoms. The van der Waals surface area contributed by atoms with Crippen molar-refractivity contribution in [3.63, 3.8) is 0 Å². The molecule has 0 spiro atoms. The van der Waals surface area contributed by atoms with Gasteiger partial charge in [-0.3, -0.25) is 9.59 Å². The molecule has 1 heterocycles. The summed E-state index contributed by atoms with van der Waals surface area (Å²) in [7, 11) is 0. The third-order valence-electron chi connectivity index (χ3n) is 4.65. The van der Waals surface area contributed by atoms with E-state index in [1.54, 1.807) is 6.92 Å². The van der Waals surface area contributed by atoms with Crippen molar-refractivity contribution in [1.29, 1.82) is 0 Å². The summed E-state index contributed by atoms with van der Waals surface area (Å²) in [6.07, 6.45) is 3.97. The van der Waals surface area contributed by atoms with Crippen LogP contribution in [-0.4, -0.2) is 36.2 Å². The van der Waals surface area contributed by atoms with Crippen LogP contribution in [0.5, 0.6) is 0 Å². The van der Waals surface area contributed by atoms with Crippen LogP contribution in [0.1, 0.15) is 39.5 Å². The van der Waals surface area contributed by atoms with Crippen LogP contribution in [0.2, 0.25) is 0 Å². The van der Waals surface area contributed by atoms with Gasteiger partial charge in [0.1, 0.15) is 5.41 Å². The molecule has 0 aromatic heterocycles. The lowest BCUT2D eigenvalue weighted by Gasteiger charge is -2.30. The Morgan fingerprint density at radius 2 is 1.89 bits per heavy atom. The molecule has 2 N–H and O–H groups in total. The average molecular weight is 269 g/mol. The first-order chi connectivity index (χ1) is 8.93. The van der Waals surface area contributed by atoms with Crippen molar-refractivity contribution in [2.24, 2.45) is 17.3 Å². The van der Waals surface area contributed by atoms with Crippen LogP contribution in [0.15, 0.2) is 0 Å². The highest BCUT2D eigenvalue weighted by atomic mass is 16.5. The Hall–Kier alpha value is -1.10. The van der Waals surface area contributed by atoms with E-state index in [0.717, 1.165) is 25.7 Å². The molecule has 1 saturated heterocycles.